The summed E-state index contributed by atoms with van der Waals surface area (Å²) in [7, 11) is 0. The quantitative estimate of drug-likeness (QED) is 0.781. The van der Waals surface area contributed by atoms with Gasteiger partial charge < -0.3 is 20.1 Å². The van der Waals surface area contributed by atoms with Gasteiger partial charge in [-0.15, -0.1) is 0 Å². The Kier molecular flexibility index (Phi) is 7.17. The first-order chi connectivity index (χ1) is 12.3. The lowest BCUT2D eigenvalue weighted by Crippen LogP contribution is -2.53. The number of amides is 2. The number of anilines is 1. The molecule has 1 heterocycles. The second-order valence-electron chi connectivity index (χ2n) is 7.69. The Morgan fingerprint density at radius 3 is 2.42 bits per heavy atom. The summed E-state index contributed by atoms with van der Waals surface area (Å²) in [6, 6.07) is 7.01. The zero-order valence-corrected chi connectivity index (χ0v) is 16.1. The van der Waals surface area contributed by atoms with E-state index in [1.165, 1.54) is 0 Å². The van der Waals surface area contributed by atoms with Gasteiger partial charge in [-0.3, -0.25) is 9.59 Å². The number of morpholine rings is 1. The zero-order valence-electron chi connectivity index (χ0n) is 16.1. The van der Waals surface area contributed by atoms with Crippen molar-refractivity contribution in [2.24, 2.45) is 11.8 Å². The van der Waals surface area contributed by atoms with Crippen LogP contribution in [0.4, 0.5) is 5.69 Å². The Balaban J connectivity index is 2.11. The molecular weight excluding hydrogens is 332 g/mol. The molecule has 2 rings (SSSR count). The van der Waals surface area contributed by atoms with Gasteiger partial charge in [0.2, 0.25) is 11.8 Å². The van der Waals surface area contributed by atoms with Gasteiger partial charge in [0, 0.05) is 18.7 Å². The zero-order chi connectivity index (χ0) is 19.3. The Hall–Kier alpha value is -1.92. The average Bonchev–Trinajstić information content (AvgIpc) is 2.56. The van der Waals surface area contributed by atoms with Gasteiger partial charge in [0.15, 0.2) is 0 Å². The minimum absolute atomic E-state index is 0.0105. The van der Waals surface area contributed by atoms with Gasteiger partial charge >= 0.3 is 0 Å². The van der Waals surface area contributed by atoms with Crippen LogP contribution in [0.3, 0.4) is 0 Å². The third-order valence-corrected chi connectivity index (χ3v) is 4.32. The van der Waals surface area contributed by atoms with E-state index in [4.69, 9.17) is 4.74 Å². The second kappa shape index (κ2) is 9.14. The number of carbonyl (C=O) groups excluding carboxylic acids is 2. The van der Waals surface area contributed by atoms with Crippen LogP contribution in [-0.2, 0) is 14.3 Å². The monoisotopic (exact) mass is 362 g/mol. The smallest absolute Gasteiger partial charge is 0.249 e. The molecule has 1 fully saturated rings. The molecule has 2 N–H and O–H groups in total. The molecule has 2 atom stereocenters. The summed E-state index contributed by atoms with van der Waals surface area (Å²) < 4.78 is 5.73. The maximum Gasteiger partial charge on any atom is 0.249 e. The van der Waals surface area contributed by atoms with Crippen LogP contribution in [0.2, 0.25) is 0 Å². The summed E-state index contributed by atoms with van der Waals surface area (Å²) in [5.41, 5.74) is 1.61. The van der Waals surface area contributed by atoms with Crippen LogP contribution in [0.15, 0.2) is 24.3 Å². The number of aliphatic hydroxyl groups excluding tert-OH is 1. The van der Waals surface area contributed by atoms with Crippen LogP contribution in [0.25, 0.3) is 0 Å². The van der Waals surface area contributed by atoms with Gasteiger partial charge in [0.05, 0.1) is 12.6 Å². The fourth-order valence-electron chi connectivity index (χ4n) is 3.19. The molecule has 6 nitrogen and oxygen atoms in total. The number of nitrogens with one attached hydrogen (secondary N) is 1. The summed E-state index contributed by atoms with van der Waals surface area (Å²) in [6.07, 6.45) is 0.101. The molecule has 0 unspecified atom stereocenters. The van der Waals surface area contributed by atoms with Crippen molar-refractivity contribution >= 4 is 17.5 Å². The molecule has 144 valence electrons. The van der Waals surface area contributed by atoms with Gasteiger partial charge in [-0.1, -0.05) is 39.8 Å². The molecule has 0 spiro atoms. The molecule has 0 saturated carbocycles. The third-order valence-electron chi connectivity index (χ3n) is 4.32. The molecule has 1 aliphatic heterocycles. The number of nitrogens with zero attached hydrogens (tertiary/aromatic N) is 1. The number of aliphatic hydroxyl groups is 1. The molecule has 1 aromatic rings. The van der Waals surface area contributed by atoms with E-state index in [1.807, 2.05) is 52.0 Å². The van der Waals surface area contributed by atoms with Gasteiger partial charge in [-0.2, -0.15) is 0 Å². The lowest BCUT2D eigenvalue weighted by molar-refractivity contribution is -0.161. The molecule has 26 heavy (non-hydrogen) atoms. The standard InChI is InChI=1S/C20H30N2O4/c1-13(2)9-18(24)21-16-7-5-15(6-8-16)20-17(11-23)22(10-14(3)4)19(25)12-26-20/h5-8,13-14,17,20,23H,9-12H2,1-4H3,(H,21,24)/t17-,20-/m1/s1. The SMILES string of the molecule is CC(C)CC(=O)Nc1ccc([C@H]2OCC(=O)N(CC(C)C)[C@@H]2CO)cc1. The van der Waals surface area contributed by atoms with E-state index in [0.29, 0.717) is 24.8 Å². The molecular formula is C20H30N2O4. The minimum atomic E-state index is -0.403. The van der Waals surface area contributed by atoms with Crippen molar-refractivity contribution in [1.82, 2.24) is 4.90 Å². The summed E-state index contributed by atoms with van der Waals surface area (Å²) in [5, 5.41) is 12.7. The van der Waals surface area contributed by atoms with Crippen molar-refractivity contribution < 1.29 is 19.4 Å². The number of ether oxygens (including phenoxy) is 1. The van der Waals surface area contributed by atoms with Crippen molar-refractivity contribution in [3.63, 3.8) is 0 Å². The van der Waals surface area contributed by atoms with Crippen LogP contribution in [0, 0.1) is 11.8 Å². The van der Waals surface area contributed by atoms with E-state index in [1.54, 1.807) is 4.90 Å². The summed E-state index contributed by atoms with van der Waals surface area (Å²) in [6.45, 7) is 8.54. The maximum absolute atomic E-state index is 12.2. The van der Waals surface area contributed by atoms with Crippen LogP contribution in [0.1, 0.15) is 45.8 Å². The lowest BCUT2D eigenvalue weighted by atomic mass is 9.98. The average molecular weight is 362 g/mol. The van der Waals surface area contributed by atoms with E-state index >= 15 is 0 Å². The molecule has 1 aromatic carbocycles. The molecule has 1 saturated heterocycles. The van der Waals surface area contributed by atoms with Crippen LogP contribution < -0.4 is 5.32 Å². The number of hydrogen-bond donors (Lipinski definition) is 2. The van der Waals surface area contributed by atoms with E-state index < -0.39 is 6.04 Å². The highest BCUT2D eigenvalue weighted by molar-refractivity contribution is 5.90. The lowest BCUT2D eigenvalue weighted by Gasteiger charge is -2.41. The highest BCUT2D eigenvalue weighted by Gasteiger charge is 2.37. The summed E-state index contributed by atoms with van der Waals surface area (Å²) in [5.74, 6) is 0.514. The maximum atomic E-state index is 12.2. The molecule has 0 aliphatic carbocycles. The highest BCUT2D eigenvalue weighted by Crippen LogP contribution is 2.30. The van der Waals surface area contributed by atoms with Crippen LogP contribution >= 0.6 is 0 Å². The van der Waals surface area contributed by atoms with Crippen molar-refractivity contribution in [2.45, 2.75) is 46.3 Å². The molecule has 6 heteroatoms. The normalized spacial score (nSPS) is 20.7. The first-order valence-electron chi connectivity index (χ1n) is 9.23. The van der Waals surface area contributed by atoms with E-state index in [2.05, 4.69) is 5.32 Å². The number of rotatable bonds is 7. The summed E-state index contributed by atoms with van der Waals surface area (Å²) >= 11 is 0. The van der Waals surface area contributed by atoms with Gasteiger partial charge in [-0.25, -0.2) is 0 Å². The fraction of sp³-hybridized carbons (Fsp3) is 0.600. The third kappa shape index (κ3) is 5.29. The Bertz CT molecular complexity index is 613. The second-order valence-corrected chi connectivity index (χ2v) is 7.69. The van der Waals surface area contributed by atoms with Crippen LogP contribution in [-0.4, -0.2) is 47.6 Å². The van der Waals surface area contributed by atoms with Crippen LogP contribution in [0.5, 0.6) is 0 Å². The summed E-state index contributed by atoms with van der Waals surface area (Å²) in [4.78, 5) is 25.8. The van der Waals surface area contributed by atoms with Crippen molar-refractivity contribution in [2.75, 3.05) is 25.1 Å². The molecule has 0 aromatic heterocycles. The van der Waals surface area contributed by atoms with Crippen molar-refractivity contribution in [1.29, 1.82) is 0 Å². The predicted octanol–water partition coefficient (Wildman–Crippen LogP) is 2.59. The predicted molar refractivity (Wildman–Crippen MR) is 101 cm³/mol. The van der Waals surface area contributed by atoms with Gasteiger partial charge in [-0.05, 0) is 29.5 Å². The minimum Gasteiger partial charge on any atom is -0.394 e. The molecule has 2 amide bonds. The molecule has 0 radical (unpaired) electrons. The highest BCUT2D eigenvalue weighted by atomic mass is 16.5. The van der Waals surface area contributed by atoms with E-state index in [9.17, 15) is 14.7 Å². The topological polar surface area (TPSA) is 78.9 Å². The number of hydrogen-bond acceptors (Lipinski definition) is 4. The Morgan fingerprint density at radius 1 is 1.23 bits per heavy atom. The van der Waals surface area contributed by atoms with Gasteiger partial charge in [0.25, 0.3) is 0 Å². The Morgan fingerprint density at radius 2 is 1.88 bits per heavy atom. The largest absolute Gasteiger partial charge is 0.394 e. The first kappa shape index (κ1) is 20.4. The first-order valence-corrected chi connectivity index (χ1v) is 9.23. The molecule has 0 bridgehead atoms. The molecule has 1 aliphatic rings. The Labute approximate surface area is 155 Å². The number of benzene rings is 1. The fourth-order valence-corrected chi connectivity index (χ4v) is 3.19. The van der Waals surface area contributed by atoms with E-state index in [-0.39, 0.29) is 31.1 Å². The van der Waals surface area contributed by atoms with Gasteiger partial charge in [0.1, 0.15) is 12.7 Å². The number of carbonyl (C=O) groups is 2. The van der Waals surface area contributed by atoms with Crippen molar-refractivity contribution in [3.05, 3.63) is 29.8 Å². The van der Waals surface area contributed by atoms with E-state index in [0.717, 1.165) is 11.3 Å². The van der Waals surface area contributed by atoms with Crippen molar-refractivity contribution in [3.8, 4) is 0 Å².